The van der Waals surface area contributed by atoms with E-state index in [1.54, 1.807) is 34.4 Å². The standard InChI is InChI=1S/C23H29N7O2/c1-4-29-14-18(12-26-29)23(32)28-9-7-20-19(15-28)21(27-30(20)13-16(2)3)22(31)25-11-17-6-5-8-24-10-17/h5-6,8,10,12,14,16H,4,7,9,11,13,15H2,1-3H3,(H,25,31). The van der Waals surface area contributed by atoms with Gasteiger partial charge in [0.2, 0.25) is 0 Å². The number of aromatic nitrogens is 5. The molecule has 4 rings (SSSR count). The summed E-state index contributed by atoms with van der Waals surface area (Å²) in [6, 6.07) is 3.75. The van der Waals surface area contributed by atoms with Gasteiger partial charge in [0, 0.05) is 62.4 Å². The molecule has 0 radical (unpaired) electrons. The van der Waals surface area contributed by atoms with Crippen molar-refractivity contribution in [2.45, 2.75) is 53.4 Å². The summed E-state index contributed by atoms with van der Waals surface area (Å²) in [5.41, 5.74) is 3.75. The van der Waals surface area contributed by atoms with Gasteiger partial charge in [0.05, 0.1) is 18.3 Å². The van der Waals surface area contributed by atoms with Crippen molar-refractivity contribution in [3.63, 3.8) is 0 Å². The smallest absolute Gasteiger partial charge is 0.272 e. The molecule has 0 saturated heterocycles. The van der Waals surface area contributed by atoms with E-state index < -0.39 is 0 Å². The summed E-state index contributed by atoms with van der Waals surface area (Å²) in [6.45, 7) is 8.99. The number of aryl methyl sites for hydroxylation is 1. The Morgan fingerprint density at radius 2 is 2.09 bits per heavy atom. The van der Waals surface area contributed by atoms with Crippen molar-refractivity contribution in [3.8, 4) is 0 Å². The minimum atomic E-state index is -0.235. The second kappa shape index (κ2) is 9.33. The van der Waals surface area contributed by atoms with E-state index in [0.29, 0.717) is 49.8 Å². The van der Waals surface area contributed by atoms with Crippen molar-refractivity contribution in [1.82, 2.24) is 34.8 Å². The Labute approximate surface area is 187 Å². The fourth-order valence-electron chi connectivity index (χ4n) is 3.94. The van der Waals surface area contributed by atoms with Crippen LogP contribution >= 0.6 is 0 Å². The summed E-state index contributed by atoms with van der Waals surface area (Å²) in [4.78, 5) is 32.0. The lowest BCUT2D eigenvalue weighted by Gasteiger charge is -2.27. The quantitative estimate of drug-likeness (QED) is 0.614. The maximum Gasteiger partial charge on any atom is 0.272 e. The first kappa shape index (κ1) is 21.7. The molecule has 1 aliphatic heterocycles. The maximum absolute atomic E-state index is 13.1. The number of pyridine rings is 1. The van der Waals surface area contributed by atoms with Crippen molar-refractivity contribution >= 4 is 11.8 Å². The third-order valence-corrected chi connectivity index (χ3v) is 5.55. The largest absolute Gasteiger partial charge is 0.346 e. The fraction of sp³-hybridized carbons (Fsp3) is 0.435. The van der Waals surface area contributed by atoms with Gasteiger partial charge in [0.25, 0.3) is 11.8 Å². The van der Waals surface area contributed by atoms with Crippen LogP contribution in [0.15, 0.2) is 36.9 Å². The summed E-state index contributed by atoms with van der Waals surface area (Å²) in [6.07, 6.45) is 7.46. The minimum Gasteiger partial charge on any atom is -0.346 e. The topological polar surface area (TPSA) is 97.9 Å². The van der Waals surface area contributed by atoms with Crippen molar-refractivity contribution in [2.75, 3.05) is 6.54 Å². The van der Waals surface area contributed by atoms with Crippen LogP contribution in [-0.2, 0) is 32.6 Å². The molecular weight excluding hydrogens is 406 g/mol. The first-order valence-electron chi connectivity index (χ1n) is 11.0. The van der Waals surface area contributed by atoms with Crippen molar-refractivity contribution in [3.05, 3.63) is 65.0 Å². The molecule has 0 spiro atoms. The number of fused-ring (bicyclic) bond motifs is 1. The molecule has 0 saturated carbocycles. The summed E-state index contributed by atoms with van der Waals surface area (Å²) in [5, 5.41) is 11.8. The highest BCUT2D eigenvalue weighted by Crippen LogP contribution is 2.25. The summed E-state index contributed by atoms with van der Waals surface area (Å²) >= 11 is 0. The number of rotatable bonds is 7. The fourth-order valence-corrected chi connectivity index (χ4v) is 3.94. The van der Waals surface area contributed by atoms with E-state index in [1.807, 2.05) is 23.7 Å². The number of nitrogens with zero attached hydrogens (tertiary/aromatic N) is 6. The molecule has 32 heavy (non-hydrogen) atoms. The Bertz CT molecular complexity index is 1100. The van der Waals surface area contributed by atoms with E-state index in [4.69, 9.17) is 0 Å². The number of carbonyl (C=O) groups is 2. The van der Waals surface area contributed by atoms with Gasteiger partial charge in [-0.25, -0.2) is 0 Å². The Morgan fingerprint density at radius 1 is 1.25 bits per heavy atom. The Balaban J connectivity index is 1.57. The summed E-state index contributed by atoms with van der Waals surface area (Å²) < 4.78 is 3.68. The average Bonchev–Trinajstić information content (AvgIpc) is 3.42. The van der Waals surface area contributed by atoms with E-state index in [0.717, 1.165) is 23.4 Å². The van der Waals surface area contributed by atoms with Crippen LogP contribution in [0.4, 0.5) is 0 Å². The zero-order valence-corrected chi connectivity index (χ0v) is 18.8. The minimum absolute atomic E-state index is 0.0753. The molecule has 1 N–H and O–H groups in total. The molecule has 0 aliphatic carbocycles. The predicted molar refractivity (Wildman–Crippen MR) is 119 cm³/mol. The second-order valence-electron chi connectivity index (χ2n) is 8.46. The molecule has 0 fully saturated rings. The zero-order valence-electron chi connectivity index (χ0n) is 18.8. The lowest BCUT2D eigenvalue weighted by atomic mass is 10.0. The monoisotopic (exact) mass is 435 g/mol. The lowest BCUT2D eigenvalue weighted by Crippen LogP contribution is -2.37. The van der Waals surface area contributed by atoms with Crippen LogP contribution in [-0.4, -0.2) is 47.8 Å². The van der Waals surface area contributed by atoms with E-state index >= 15 is 0 Å². The molecule has 1 aliphatic rings. The second-order valence-corrected chi connectivity index (χ2v) is 8.46. The van der Waals surface area contributed by atoms with Crippen LogP contribution in [0, 0.1) is 5.92 Å². The van der Waals surface area contributed by atoms with Crippen LogP contribution in [0.2, 0.25) is 0 Å². The SMILES string of the molecule is CCn1cc(C(=O)N2CCc3c(c(C(=O)NCc4cccnc4)nn3CC(C)C)C2)cn1. The summed E-state index contributed by atoms with van der Waals surface area (Å²) in [5.74, 6) is 0.0826. The molecule has 3 aromatic heterocycles. The van der Waals surface area contributed by atoms with Gasteiger partial charge < -0.3 is 10.2 Å². The Hall–Kier alpha value is -3.49. The van der Waals surface area contributed by atoms with Gasteiger partial charge in [0.1, 0.15) is 0 Å². The molecule has 0 unspecified atom stereocenters. The van der Waals surface area contributed by atoms with Crippen molar-refractivity contribution in [1.29, 1.82) is 0 Å². The maximum atomic E-state index is 13.1. The van der Waals surface area contributed by atoms with E-state index in [2.05, 4.69) is 34.3 Å². The molecule has 168 valence electrons. The van der Waals surface area contributed by atoms with Gasteiger partial charge in [-0.3, -0.25) is 23.9 Å². The number of amides is 2. The van der Waals surface area contributed by atoms with Crippen LogP contribution in [0.1, 0.15) is 58.4 Å². The molecule has 0 bridgehead atoms. The third kappa shape index (κ3) is 4.56. The number of hydrogen-bond donors (Lipinski definition) is 1. The van der Waals surface area contributed by atoms with Gasteiger partial charge in [-0.05, 0) is 24.5 Å². The van der Waals surface area contributed by atoms with Gasteiger partial charge in [-0.2, -0.15) is 10.2 Å². The number of nitrogens with one attached hydrogen (secondary N) is 1. The number of hydrogen-bond acceptors (Lipinski definition) is 5. The van der Waals surface area contributed by atoms with Crippen molar-refractivity contribution in [2.24, 2.45) is 5.92 Å². The van der Waals surface area contributed by atoms with Crippen LogP contribution in [0.3, 0.4) is 0 Å². The summed E-state index contributed by atoms with van der Waals surface area (Å²) in [7, 11) is 0. The molecule has 2 amide bonds. The van der Waals surface area contributed by atoms with Crippen LogP contribution < -0.4 is 5.32 Å². The highest BCUT2D eigenvalue weighted by atomic mass is 16.2. The highest BCUT2D eigenvalue weighted by Gasteiger charge is 2.31. The van der Waals surface area contributed by atoms with E-state index in [-0.39, 0.29) is 11.8 Å². The molecule has 0 atom stereocenters. The van der Waals surface area contributed by atoms with Gasteiger partial charge in [-0.1, -0.05) is 19.9 Å². The third-order valence-electron chi connectivity index (χ3n) is 5.55. The molecule has 9 heteroatoms. The van der Waals surface area contributed by atoms with Crippen LogP contribution in [0.5, 0.6) is 0 Å². The molecule has 3 aromatic rings. The Kier molecular flexibility index (Phi) is 6.34. The van der Waals surface area contributed by atoms with Gasteiger partial charge >= 0.3 is 0 Å². The average molecular weight is 436 g/mol. The molecular formula is C23H29N7O2. The van der Waals surface area contributed by atoms with E-state index in [9.17, 15) is 9.59 Å². The van der Waals surface area contributed by atoms with Crippen LogP contribution in [0.25, 0.3) is 0 Å². The molecule has 0 aromatic carbocycles. The van der Waals surface area contributed by atoms with Gasteiger partial charge in [-0.15, -0.1) is 0 Å². The normalized spacial score (nSPS) is 13.3. The predicted octanol–water partition coefficient (Wildman–Crippen LogP) is 2.28. The van der Waals surface area contributed by atoms with Crippen molar-refractivity contribution < 1.29 is 9.59 Å². The first-order valence-corrected chi connectivity index (χ1v) is 11.0. The first-order chi connectivity index (χ1) is 15.5. The number of carbonyl (C=O) groups excluding carboxylic acids is 2. The Morgan fingerprint density at radius 3 is 2.78 bits per heavy atom. The highest BCUT2D eigenvalue weighted by molar-refractivity contribution is 5.96. The lowest BCUT2D eigenvalue weighted by molar-refractivity contribution is 0.0730. The molecule has 9 nitrogen and oxygen atoms in total. The molecule has 4 heterocycles. The van der Waals surface area contributed by atoms with E-state index in [1.165, 1.54) is 0 Å². The van der Waals surface area contributed by atoms with Gasteiger partial charge in [0.15, 0.2) is 5.69 Å². The zero-order chi connectivity index (χ0) is 22.7.